The summed E-state index contributed by atoms with van der Waals surface area (Å²) in [5, 5.41) is 14.0. The lowest BCUT2D eigenvalue weighted by Crippen LogP contribution is -2.05. The molecule has 1 N–H and O–H groups in total. The number of hydrogen-bond acceptors (Lipinski definition) is 5. The number of benzene rings is 2. The van der Waals surface area contributed by atoms with Gasteiger partial charge in [0.2, 0.25) is 5.89 Å². The monoisotopic (exact) mass is 465 g/mol. The Hall–Kier alpha value is -3.61. The Morgan fingerprint density at radius 2 is 1.71 bits per heavy atom. The summed E-state index contributed by atoms with van der Waals surface area (Å²) < 4.78 is 13.4. The van der Waals surface area contributed by atoms with Gasteiger partial charge < -0.3 is 14.3 Å². The molecule has 0 amide bonds. The van der Waals surface area contributed by atoms with Gasteiger partial charge in [-0.15, -0.1) is 0 Å². The molecule has 0 aliphatic rings. The summed E-state index contributed by atoms with van der Waals surface area (Å²) in [6.45, 7) is 10.9. The lowest BCUT2D eigenvalue weighted by molar-refractivity contribution is -0.137. The summed E-state index contributed by atoms with van der Waals surface area (Å²) in [6.07, 6.45) is 4.21. The van der Waals surface area contributed by atoms with E-state index in [9.17, 15) is 4.79 Å². The molecular weight excluding hydrogens is 430 g/mol. The van der Waals surface area contributed by atoms with Crippen LogP contribution in [-0.2, 0) is 17.9 Å². The van der Waals surface area contributed by atoms with Gasteiger partial charge >= 0.3 is 5.97 Å². The van der Waals surface area contributed by atoms with Crippen LogP contribution in [0.15, 0.2) is 59.1 Å². The highest BCUT2D eigenvalue weighted by Gasteiger charge is 2.14. The average Bonchev–Trinajstić information content (AvgIpc) is 3.41. The van der Waals surface area contributed by atoms with Gasteiger partial charge in [0.15, 0.2) is 0 Å². The molecule has 0 aliphatic carbocycles. The molecule has 0 unspecified atom stereocenters. The number of aliphatic carboxylic acids is 1. The third kappa shape index (κ3) is 7.47. The Morgan fingerprint density at radius 3 is 2.35 bits per heavy atom. The number of fused-ring (bicyclic) bond motifs is 1. The Labute approximate surface area is 201 Å². The van der Waals surface area contributed by atoms with Crippen molar-refractivity contribution in [1.82, 2.24) is 14.8 Å². The van der Waals surface area contributed by atoms with Crippen molar-refractivity contribution >= 4 is 16.9 Å². The van der Waals surface area contributed by atoms with Crippen LogP contribution in [0.1, 0.15) is 58.4 Å². The number of ether oxygens (including phenoxy) is 1. The lowest BCUT2D eigenvalue weighted by Gasteiger charge is -2.07. The number of rotatable bonds is 7. The van der Waals surface area contributed by atoms with Gasteiger partial charge in [0.25, 0.3) is 0 Å². The number of nitrogens with zero attached hydrogens (tertiary/aromatic N) is 3. The molecule has 0 bridgehead atoms. The number of aryl methyl sites for hydroxylation is 2. The molecule has 182 valence electrons. The molecule has 0 saturated heterocycles. The summed E-state index contributed by atoms with van der Waals surface area (Å²) in [7, 11) is 0. The summed E-state index contributed by atoms with van der Waals surface area (Å²) in [6, 6.07) is 15.3. The first-order valence-electron chi connectivity index (χ1n) is 11.8. The van der Waals surface area contributed by atoms with Crippen molar-refractivity contribution in [1.29, 1.82) is 0 Å². The Kier molecular flexibility index (Phi) is 10.8. The van der Waals surface area contributed by atoms with Gasteiger partial charge in [-0.25, -0.2) is 4.98 Å². The van der Waals surface area contributed by atoms with E-state index in [1.165, 1.54) is 12.8 Å². The highest BCUT2D eigenvalue weighted by molar-refractivity contribution is 5.85. The minimum absolute atomic E-state index is 0.0161. The Bertz CT molecular complexity index is 1150. The van der Waals surface area contributed by atoms with Crippen LogP contribution in [0.4, 0.5) is 0 Å². The van der Waals surface area contributed by atoms with Crippen molar-refractivity contribution in [3.8, 4) is 17.2 Å². The van der Waals surface area contributed by atoms with Gasteiger partial charge in [-0.05, 0) is 31.2 Å². The molecule has 2 aromatic heterocycles. The van der Waals surface area contributed by atoms with Gasteiger partial charge in [-0.1, -0.05) is 64.8 Å². The zero-order valence-corrected chi connectivity index (χ0v) is 20.7. The fraction of sp³-hybridized carbons (Fsp3) is 0.370. The Balaban J connectivity index is 0.000000618. The smallest absolute Gasteiger partial charge is 0.305 e. The van der Waals surface area contributed by atoms with Crippen LogP contribution in [0.25, 0.3) is 22.4 Å². The molecule has 0 radical (unpaired) electrons. The van der Waals surface area contributed by atoms with E-state index in [2.05, 4.69) is 37.8 Å². The third-order valence-electron chi connectivity index (χ3n) is 4.46. The molecule has 2 aromatic carbocycles. The van der Waals surface area contributed by atoms with E-state index in [-0.39, 0.29) is 13.0 Å². The van der Waals surface area contributed by atoms with Crippen LogP contribution in [0, 0.1) is 6.92 Å². The van der Waals surface area contributed by atoms with Crippen molar-refractivity contribution in [3.63, 3.8) is 0 Å². The second-order valence-corrected chi connectivity index (χ2v) is 7.79. The molecule has 34 heavy (non-hydrogen) atoms. The Morgan fingerprint density at radius 1 is 1.03 bits per heavy atom. The van der Waals surface area contributed by atoms with E-state index >= 15 is 0 Å². The molecule has 0 fully saturated rings. The molecular formula is C27H35N3O4. The summed E-state index contributed by atoms with van der Waals surface area (Å²) in [5.74, 6) is 1.09. The number of carbonyl (C=O) groups is 1. The molecule has 7 nitrogen and oxygen atoms in total. The molecule has 0 spiro atoms. The zero-order chi connectivity index (χ0) is 24.9. The van der Waals surface area contributed by atoms with E-state index in [0.717, 1.165) is 22.2 Å². The van der Waals surface area contributed by atoms with Crippen molar-refractivity contribution in [2.75, 3.05) is 0 Å². The van der Waals surface area contributed by atoms with E-state index in [1.54, 1.807) is 10.9 Å². The molecule has 0 atom stereocenters. The van der Waals surface area contributed by atoms with Crippen LogP contribution >= 0.6 is 0 Å². The normalized spacial score (nSPS) is 10.1. The van der Waals surface area contributed by atoms with Crippen molar-refractivity contribution < 1.29 is 19.1 Å². The molecule has 4 rings (SSSR count). The number of hydrogen-bond donors (Lipinski definition) is 1. The first-order chi connectivity index (χ1) is 16.4. The highest BCUT2D eigenvalue weighted by atomic mass is 16.5. The number of aromatic nitrogens is 3. The maximum atomic E-state index is 10.8. The maximum Gasteiger partial charge on any atom is 0.305 e. The van der Waals surface area contributed by atoms with E-state index in [4.69, 9.17) is 14.3 Å². The predicted octanol–water partition coefficient (Wildman–Crippen LogP) is 6.89. The molecule has 0 saturated carbocycles. The fourth-order valence-electron chi connectivity index (χ4n) is 2.99. The summed E-state index contributed by atoms with van der Waals surface area (Å²) in [5.41, 5.74) is 2.48. The number of oxazole rings is 1. The second-order valence-electron chi connectivity index (χ2n) is 7.79. The van der Waals surface area contributed by atoms with Crippen LogP contribution in [-0.4, -0.2) is 25.8 Å². The SMILES string of the molecule is CCC.CCC.Cc1oc(-c2ccccc2)nc1COc1cccc2c1cnn2CCC(=O)O. The second kappa shape index (κ2) is 13.8. The molecule has 2 heterocycles. The minimum Gasteiger partial charge on any atom is -0.486 e. The van der Waals surface area contributed by atoms with Crippen molar-refractivity contribution in [2.45, 2.75) is 67.0 Å². The minimum atomic E-state index is -0.855. The van der Waals surface area contributed by atoms with Gasteiger partial charge in [-0.3, -0.25) is 9.48 Å². The molecule has 0 aliphatic heterocycles. The molecule has 7 heteroatoms. The van der Waals surface area contributed by atoms with Crippen LogP contribution in [0.2, 0.25) is 0 Å². The van der Waals surface area contributed by atoms with Crippen molar-refractivity contribution in [3.05, 3.63) is 66.2 Å². The largest absolute Gasteiger partial charge is 0.486 e. The average molecular weight is 466 g/mol. The van der Waals surface area contributed by atoms with Gasteiger partial charge in [0.05, 0.1) is 30.1 Å². The van der Waals surface area contributed by atoms with Gasteiger partial charge in [0, 0.05) is 5.56 Å². The maximum absolute atomic E-state index is 10.8. The van der Waals surface area contributed by atoms with E-state index in [1.807, 2.05) is 55.5 Å². The standard InChI is InChI=1S/C21H19N3O4.2C3H8/c1-14-17(23-21(28-14)15-6-3-2-4-7-15)13-27-19-9-5-8-18-16(19)12-22-24(18)11-10-20(25)26;2*1-3-2/h2-9,12H,10-11,13H2,1H3,(H,25,26);2*3H2,1-2H3. The first-order valence-corrected chi connectivity index (χ1v) is 11.8. The van der Waals surface area contributed by atoms with Gasteiger partial charge in [-0.2, -0.15) is 5.10 Å². The van der Waals surface area contributed by atoms with E-state index < -0.39 is 5.97 Å². The van der Waals surface area contributed by atoms with E-state index in [0.29, 0.717) is 23.9 Å². The van der Waals surface area contributed by atoms with Crippen molar-refractivity contribution in [2.24, 2.45) is 0 Å². The third-order valence-corrected chi connectivity index (χ3v) is 4.46. The highest BCUT2D eigenvalue weighted by Crippen LogP contribution is 2.27. The number of carboxylic acids is 1. The molecule has 4 aromatic rings. The first kappa shape index (κ1) is 26.6. The van der Waals surface area contributed by atoms with Crippen LogP contribution < -0.4 is 4.74 Å². The fourth-order valence-corrected chi connectivity index (χ4v) is 2.99. The van der Waals surface area contributed by atoms with Crippen LogP contribution in [0.5, 0.6) is 5.75 Å². The topological polar surface area (TPSA) is 90.4 Å². The lowest BCUT2D eigenvalue weighted by atomic mass is 10.2. The predicted molar refractivity (Wildman–Crippen MR) is 135 cm³/mol. The quantitative estimate of drug-likeness (QED) is 0.320. The zero-order valence-electron chi connectivity index (χ0n) is 20.7. The van der Waals surface area contributed by atoms with Crippen LogP contribution in [0.3, 0.4) is 0 Å². The van der Waals surface area contributed by atoms with Gasteiger partial charge in [0.1, 0.15) is 23.8 Å². The number of carboxylic acid groups (broad SMARTS) is 1. The summed E-state index contributed by atoms with van der Waals surface area (Å²) >= 11 is 0. The summed E-state index contributed by atoms with van der Waals surface area (Å²) in [4.78, 5) is 15.4.